The molecule has 2 aromatic rings. The lowest BCUT2D eigenvalue weighted by molar-refractivity contribution is -0.385. The highest BCUT2D eigenvalue weighted by Crippen LogP contribution is 2.29. The van der Waals surface area contributed by atoms with Crippen molar-refractivity contribution in [1.82, 2.24) is 0 Å². The average molecular weight is 284 g/mol. The van der Waals surface area contributed by atoms with E-state index in [-0.39, 0.29) is 16.7 Å². The van der Waals surface area contributed by atoms with Gasteiger partial charge in [-0.1, -0.05) is 42.8 Å². The van der Waals surface area contributed by atoms with Crippen LogP contribution >= 0.6 is 0 Å². The molecule has 0 fully saturated rings. The van der Waals surface area contributed by atoms with Crippen LogP contribution in [0.3, 0.4) is 0 Å². The molecule has 4 heteroatoms. The van der Waals surface area contributed by atoms with Gasteiger partial charge < -0.3 is 5.32 Å². The van der Waals surface area contributed by atoms with Gasteiger partial charge in [0.25, 0.3) is 5.69 Å². The molecule has 2 aromatic carbocycles. The van der Waals surface area contributed by atoms with E-state index in [2.05, 4.69) is 43.4 Å². The van der Waals surface area contributed by atoms with Crippen molar-refractivity contribution in [2.24, 2.45) is 0 Å². The Hall–Kier alpha value is -2.36. The molecule has 0 spiro atoms. The summed E-state index contributed by atoms with van der Waals surface area (Å²) in [5.41, 5.74) is 4.05. The van der Waals surface area contributed by atoms with E-state index in [1.807, 2.05) is 6.07 Å². The smallest absolute Gasteiger partial charge is 0.274 e. The molecule has 1 N–H and O–H groups in total. The number of nitrogens with one attached hydrogen (secondary N) is 1. The number of anilines is 1. The predicted molar refractivity (Wildman–Crippen MR) is 85.7 cm³/mol. The maximum absolute atomic E-state index is 11.0. The zero-order valence-corrected chi connectivity index (χ0v) is 12.6. The first-order valence-electron chi connectivity index (χ1n) is 7.10. The van der Waals surface area contributed by atoms with E-state index in [1.54, 1.807) is 13.0 Å². The summed E-state index contributed by atoms with van der Waals surface area (Å²) in [6, 6.07) is 13.7. The largest absolute Gasteiger partial charge is 0.378 e. The number of nitrogens with zero attached hydrogens (tertiary/aromatic N) is 1. The lowest BCUT2D eigenvalue weighted by Crippen LogP contribution is -2.11. The molecule has 21 heavy (non-hydrogen) atoms. The fourth-order valence-corrected chi connectivity index (χ4v) is 2.39. The van der Waals surface area contributed by atoms with E-state index < -0.39 is 0 Å². The molecule has 110 valence electrons. The van der Waals surface area contributed by atoms with Crippen LogP contribution in [-0.4, -0.2) is 4.92 Å². The molecular weight excluding hydrogens is 264 g/mol. The van der Waals surface area contributed by atoms with Gasteiger partial charge in [0.1, 0.15) is 0 Å². The summed E-state index contributed by atoms with van der Waals surface area (Å²) in [5, 5.41) is 14.4. The Balaban J connectivity index is 2.29. The second kappa shape index (κ2) is 6.39. The molecule has 0 saturated carbocycles. The third-order valence-corrected chi connectivity index (χ3v) is 3.72. The molecule has 0 saturated heterocycles. The number of nitro benzene ring substituents is 1. The highest BCUT2D eigenvalue weighted by atomic mass is 16.6. The highest BCUT2D eigenvalue weighted by molar-refractivity contribution is 5.60. The zero-order valence-electron chi connectivity index (χ0n) is 12.6. The van der Waals surface area contributed by atoms with Gasteiger partial charge in [-0.05, 0) is 31.9 Å². The van der Waals surface area contributed by atoms with Crippen LogP contribution in [0.4, 0.5) is 11.4 Å². The van der Waals surface area contributed by atoms with Gasteiger partial charge >= 0.3 is 0 Å². The van der Waals surface area contributed by atoms with Crippen molar-refractivity contribution in [2.45, 2.75) is 33.2 Å². The average Bonchev–Trinajstić information content (AvgIpc) is 2.47. The highest BCUT2D eigenvalue weighted by Gasteiger charge is 2.16. The lowest BCUT2D eigenvalue weighted by atomic mass is 10.0. The fourth-order valence-electron chi connectivity index (χ4n) is 2.39. The summed E-state index contributed by atoms with van der Waals surface area (Å²) in [6.45, 7) is 5.94. The predicted octanol–water partition coefficient (Wildman–Crippen LogP) is 4.77. The van der Waals surface area contributed by atoms with Crippen LogP contribution in [0, 0.1) is 24.0 Å². The van der Waals surface area contributed by atoms with Crippen molar-refractivity contribution in [1.29, 1.82) is 0 Å². The van der Waals surface area contributed by atoms with E-state index in [0.29, 0.717) is 5.56 Å². The summed E-state index contributed by atoms with van der Waals surface area (Å²) >= 11 is 0. The number of aryl methyl sites for hydroxylation is 1. The Bertz CT molecular complexity index is 636. The first-order chi connectivity index (χ1) is 10.0. The summed E-state index contributed by atoms with van der Waals surface area (Å²) < 4.78 is 0. The third-order valence-electron chi connectivity index (χ3n) is 3.72. The van der Waals surface area contributed by atoms with Crippen LogP contribution in [0.1, 0.15) is 36.1 Å². The maximum atomic E-state index is 11.0. The minimum absolute atomic E-state index is 0.145. The van der Waals surface area contributed by atoms with Crippen molar-refractivity contribution in [3.05, 3.63) is 69.3 Å². The Kier molecular flexibility index (Phi) is 4.58. The minimum Gasteiger partial charge on any atom is -0.378 e. The molecule has 0 aliphatic heterocycles. The van der Waals surface area contributed by atoms with E-state index in [9.17, 15) is 10.1 Å². The molecule has 0 aliphatic carbocycles. The monoisotopic (exact) mass is 284 g/mol. The Morgan fingerprint density at radius 2 is 1.81 bits per heavy atom. The number of hydrogen-bond donors (Lipinski definition) is 1. The molecule has 2 rings (SSSR count). The van der Waals surface area contributed by atoms with Crippen LogP contribution in [0.2, 0.25) is 0 Å². The van der Waals surface area contributed by atoms with Gasteiger partial charge in [-0.2, -0.15) is 0 Å². The van der Waals surface area contributed by atoms with Crippen LogP contribution in [-0.2, 0) is 0 Å². The van der Waals surface area contributed by atoms with E-state index >= 15 is 0 Å². The number of hydrogen-bond acceptors (Lipinski definition) is 3. The molecule has 4 nitrogen and oxygen atoms in total. The fraction of sp³-hybridized carbons (Fsp3) is 0.294. The lowest BCUT2D eigenvalue weighted by Gasteiger charge is -2.20. The quantitative estimate of drug-likeness (QED) is 0.635. The van der Waals surface area contributed by atoms with E-state index in [0.717, 1.165) is 12.1 Å². The number of benzene rings is 2. The van der Waals surface area contributed by atoms with Crippen LogP contribution in [0.25, 0.3) is 0 Å². The molecule has 0 bridgehead atoms. The van der Waals surface area contributed by atoms with Gasteiger partial charge in [0.05, 0.1) is 11.0 Å². The van der Waals surface area contributed by atoms with E-state index in [4.69, 9.17) is 0 Å². The van der Waals surface area contributed by atoms with Gasteiger partial charge in [0, 0.05) is 17.3 Å². The molecule has 0 heterocycles. The minimum atomic E-state index is -0.340. The van der Waals surface area contributed by atoms with Gasteiger partial charge in [0.15, 0.2) is 0 Å². The number of rotatable bonds is 5. The van der Waals surface area contributed by atoms with Crippen molar-refractivity contribution >= 4 is 11.4 Å². The van der Waals surface area contributed by atoms with Crippen molar-refractivity contribution in [3.8, 4) is 0 Å². The Morgan fingerprint density at radius 3 is 2.38 bits per heavy atom. The van der Waals surface area contributed by atoms with Gasteiger partial charge in [-0.3, -0.25) is 10.1 Å². The normalized spacial score (nSPS) is 12.0. The van der Waals surface area contributed by atoms with Crippen LogP contribution < -0.4 is 5.32 Å². The standard InChI is InChI=1S/C17H20N2O2/c1-4-15(14-10-8-12(2)9-11-14)18-16-6-5-7-17(13(16)3)19(20)21/h5-11,15,18H,4H2,1-3H3. The summed E-state index contributed by atoms with van der Waals surface area (Å²) in [7, 11) is 0. The second-order valence-electron chi connectivity index (χ2n) is 5.22. The second-order valence-corrected chi connectivity index (χ2v) is 5.22. The summed E-state index contributed by atoms with van der Waals surface area (Å²) in [5.74, 6) is 0. The van der Waals surface area contributed by atoms with E-state index in [1.165, 1.54) is 17.2 Å². The molecule has 0 radical (unpaired) electrons. The Morgan fingerprint density at radius 1 is 1.14 bits per heavy atom. The zero-order chi connectivity index (χ0) is 15.4. The van der Waals surface area contributed by atoms with Crippen molar-refractivity contribution in [2.75, 3.05) is 5.32 Å². The first-order valence-corrected chi connectivity index (χ1v) is 7.10. The molecule has 0 aromatic heterocycles. The first kappa shape index (κ1) is 15.0. The third kappa shape index (κ3) is 3.40. The molecule has 1 atom stereocenters. The molecule has 0 amide bonds. The van der Waals surface area contributed by atoms with Gasteiger partial charge in [0.2, 0.25) is 0 Å². The van der Waals surface area contributed by atoms with Gasteiger partial charge in [-0.25, -0.2) is 0 Å². The molecule has 0 aliphatic rings. The topological polar surface area (TPSA) is 55.2 Å². The van der Waals surface area contributed by atoms with Crippen molar-refractivity contribution < 1.29 is 4.92 Å². The SMILES string of the molecule is CCC(Nc1cccc([N+](=O)[O-])c1C)c1ccc(C)cc1. The summed E-state index contributed by atoms with van der Waals surface area (Å²) in [4.78, 5) is 10.7. The molecule has 1 unspecified atom stereocenters. The maximum Gasteiger partial charge on any atom is 0.274 e. The molecular formula is C17H20N2O2. The summed E-state index contributed by atoms with van der Waals surface area (Å²) in [6.07, 6.45) is 0.908. The van der Waals surface area contributed by atoms with Crippen LogP contribution in [0.5, 0.6) is 0 Å². The van der Waals surface area contributed by atoms with Crippen molar-refractivity contribution in [3.63, 3.8) is 0 Å². The van der Waals surface area contributed by atoms with Gasteiger partial charge in [-0.15, -0.1) is 0 Å². The Labute approximate surface area is 125 Å². The number of nitro groups is 1. The van der Waals surface area contributed by atoms with Crippen LogP contribution in [0.15, 0.2) is 42.5 Å².